The SMILES string of the molecule is COc1ccc(OC)c([C@@H]2SCC(=O)N2c2ncc(C)s2)c1. The number of carbonyl (C=O) groups excluding carboxylic acids is 1. The van der Waals surface area contributed by atoms with Crippen molar-refractivity contribution in [1.29, 1.82) is 0 Å². The summed E-state index contributed by atoms with van der Waals surface area (Å²) in [5, 5.41) is 0.575. The maximum Gasteiger partial charge on any atom is 0.240 e. The van der Waals surface area contributed by atoms with Crippen LogP contribution in [0.5, 0.6) is 11.5 Å². The quantitative estimate of drug-likeness (QED) is 0.858. The van der Waals surface area contributed by atoms with Gasteiger partial charge in [-0.05, 0) is 25.1 Å². The minimum Gasteiger partial charge on any atom is -0.497 e. The van der Waals surface area contributed by atoms with Crippen LogP contribution in [-0.4, -0.2) is 30.9 Å². The van der Waals surface area contributed by atoms with Gasteiger partial charge in [0, 0.05) is 16.6 Å². The molecule has 1 aliphatic rings. The lowest BCUT2D eigenvalue weighted by atomic mass is 10.1. The van der Waals surface area contributed by atoms with Gasteiger partial charge in [-0.1, -0.05) is 0 Å². The maximum absolute atomic E-state index is 12.3. The first-order valence-corrected chi connectivity index (χ1v) is 8.58. The summed E-state index contributed by atoms with van der Waals surface area (Å²) >= 11 is 3.09. The zero-order valence-electron chi connectivity index (χ0n) is 12.5. The number of hydrogen-bond donors (Lipinski definition) is 0. The number of thiazole rings is 1. The number of hydrogen-bond acceptors (Lipinski definition) is 6. The molecule has 0 bridgehead atoms. The van der Waals surface area contributed by atoms with Crippen molar-refractivity contribution in [2.24, 2.45) is 0 Å². The number of aromatic nitrogens is 1. The Kier molecular flexibility index (Phi) is 4.26. The molecule has 1 aromatic heterocycles. The summed E-state index contributed by atoms with van der Waals surface area (Å²) < 4.78 is 10.8. The van der Waals surface area contributed by atoms with Gasteiger partial charge in [-0.25, -0.2) is 4.98 Å². The maximum atomic E-state index is 12.3. The smallest absolute Gasteiger partial charge is 0.240 e. The van der Waals surface area contributed by atoms with Crippen molar-refractivity contribution in [3.05, 3.63) is 34.8 Å². The number of amides is 1. The first kappa shape index (κ1) is 15.2. The van der Waals surface area contributed by atoms with Crippen molar-refractivity contribution >= 4 is 34.1 Å². The van der Waals surface area contributed by atoms with Crippen molar-refractivity contribution < 1.29 is 14.3 Å². The van der Waals surface area contributed by atoms with Gasteiger partial charge in [-0.3, -0.25) is 9.69 Å². The van der Waals surface area contributed by atoms with E-state index in [9.17, 15) is 4.79 Å². The van der Waals surface area contributed by atoms with Crippen LogP contribution in [0.25, 0.3) is 0 Å². The Morgan fingerprint density at radius 3 is 2.77 bits per heavy atom. The van der Waals surface area contributed by atoms with Gasteiger partial charge in [0.15, 0.2) is 5.13 Å². The van der Waals surface area contributed by atoms with Crippen LogP contribution in [0.3, 0.4) is 0 Å². The average molecular weight is 336 g/mol. The Morgan fingerprint density at radius 1 is 1.32 bits per heavy atom. The molecule has 2 aromatic rings. The third kappa shape index (κ3) is 2.66. The van der Waals surface area contributed by atoms with Crippen LogP contribution in [0.2, 0.25) is 0 Å². The Labute approximate surface area is 137 Å². The lowest BCUT2D eigenvalue weighted by Crippen LogP contribution is -2.27. The molecule has 0 aliphatic carbocycles. The van der Waals surface area contributed by atoms with Gasteiger partial charge in [0.2, 0.25) is 5.91 Å². The summed E-state index contributed by atoms with van der Waals surface area (Å²) in [6, 6.07) is 5.63. The summed E-state index contributed by atoms with van der Waals surface area (Å²) in [6.07, 6.45) is 1.79. The number of thioether (sulfide) groups is 1. The van der Waals surface area contributed by atoms with Gasteiger partial charge >= 0.3 is 0 Å². The van der Waals surface area contributed by atoms with E-state index in [4.69, 9.17) is 9.47 Å². The zero-order valence-corrected chi connectivity index (χ0v) is 14.2. The largest absolute Gasteiger partial charge is 0.497 e. The van der Waals surface area contributed by atoms with Crippen molar-refractivity contribution in [1.82, 2.24) is 4.98 Å². The summed E-state index contributed by atoms with van der Waals surface area (Å²) in [7, 11) is 3.26. The standard InChI is InChI=1S/C15H16N2O3S2/c1-9-7-16-15(22-9)17-13(18)8-21-14(17)11-6-10(19-2)4-5-12(11)20-3/h4-7,14H,8H2,1-3H3/t14-/m0/s1. The van der Waals surface area contributed by atoms with Crippen LogP contribution in [-0.2, 0) is 4.79 Å². The summed E-state index contributed by atoms with van der Waals surface area (Å²) in [4.78, 5) is 19.5. The van der Waals surface area contributed by atoms with Crippen molar-refractivity contribution in [3.63, 3.8) is 0 Å². The molecule has 2 heterocycles. The highest BCUT2D eigenvalue weighted by molar-refractivity contribution is 8.00. The molecule has 1 aromatic carbocycles. The van der Waals surface area contributed by atoms with Crippen molar-refractivity contribution in [2.45, 2.75) is 12.3 Å². The minimum absolute atomic E-state index is 0.0641. The van der Waals surface area contributed by atoms with E-state index >= 15 is 0 Å². The summed E-state index contributed by atoms with van der Waals surface area (Å²) in [5.74, 6) is 1.98. The van der Waals surface area contributed by atoms with Crippen LogP contribution >= 0.6 is 23.1 Å². The molecule has 1 saturated heterocycles. The molecule has 0 spiro atoms. The topological polar surface area (TPSA) is 51.7 Å². The number of methoxy groups -OCH3 is 2. The highest BCUT2D eigenvalue weighted by Gasteiger charge is 2.37. The molecule has 1 aliphatic heterocycles. The van der Waals surface area contributed by atoms with Gasteiger partial charge in [0.05, 0.1) is 20.0 Å². The number of anilines is 1. The van der Waals surface area contributed by atoms with Crippen LogP contribution in [0.4, 0.5) is 5.13 Å². The lowest BCUT2D eigenvalue weighted by molar-refractivity contribution is -0.115. The molecule has 22 heavy (non-hydrogen) atoms. The van der Waals surface area contributed by atoms with Crippen molar-refractivity contribution in [3.8, 4) is 11.5 Å². The number of rotatable bonds is 4. The van der Waals surface area contributed by atoms with E-state index in [0.717, 1.165) is 27.1 Å². The number of nitrogens with zero attached hydrogens (tertiary/aromatic N) is 2. The van der Waals surface area contributed by atoms with Crippen LogP contribution in [0, 0.1) is 6.92 Å². The number of carbonyl (C=O) groups is 1. The first-order valence-electron chi connectivity index (χ1n) is 6.72. The number of aryl methyl sites for hydroxylation is 1. The van der Waals surface area contributed by atoms with E-state index < -0.39 is 0 Å². The molecule has 0 N–H and O–H groups in total. The van der Waals surface area contributed by atoms with E-state index in [1.54, 1.807) is 37.1 Å². The molecular weight excluding hydrogens is 320 g/mol. The van der Waals surface area contributed by atoms with E-state index in [1.807, 2.05) is 25.1 Å². The highest BCUT2D eigenvalue weighted by atomic mass is 32.2. The summed E-state index contributed by atoms with van der Waals surface area (Å²) in [6.45, 7) is 1.98. The third-order valence-electron chi connectivity index (χ3n) is 3.39. The second kappa shape index (κ2) is 6.18. The van der Waals surface area contributed by atoms with Crippen LogP contribution in [0.1, 0.15) is 15.8 Å². The number of benzene rings is 1. The molecule has 116 valence electrons. The van der Waals surface area contributed by atoms with Gasteiger partial charge in [0.25, 0.3) is 0 Å². The van der Waals surface area contributed by atoms with Crippen LogP contribution < -0.4 is 14.4 Å². The molecule has 5 nitrogen and oxygen atoms in total. The molecular formula is C15H16N2O3S2. The zero-order chi connectivity index (χ0) is 15.7. The predicted octanol–water partition coefficient (Wildman–Crippen LogP) is 3.25. The molecule has 1 amide bonds. The fourth-order valence-electron chi connectivity index (χ4n) is 2.35. The minimum atomic E-state index is -0.150. The first-order chi connectivity index (χ1) is 10.6. The Bertz CT molecular complexity index is 702. The highest BCUT2D eigenvalue weighted by Crippen LogP contribution is 2.46. The van der Waals surface area contributed by atoms with Gasteiger partial charge in [-0.15, -0.1) is 23.1 Å². The molecule has 7 heteroatoms. The van der Waals surface area contributed by atoms with E-state index in [1.165, 1.54) is 11.3 Å². The predicted molar refractivity (Wildman–Crippen MR) is 89.1 cm³/mol. The van der Waals surface area contributed by atoms with Gasteiger partial charge in [0.1, 0.15) is 16.9 Å². The van der Waals surface area contributed by atoms with E-state index in [-0.39, 0.29) is 11.3 Å². The molecule has 3 rings (SSSR count). The van der Waals surface area contributed by atoms with E-state index in [0.29, 0.717) is 5.75 Å². The average Bonchev–Trinajstić information content (AvgIpc) is 3.12. The van der Waals surface area contributed by atoms with E-state index in [2.05, 4.69) is 4.98 Å². The monoisotopic (exact) mass is 336 g/mol. The molecule has 0 saturated carbocycles. The Balaban J connectivity index is 2.04. The van der Waals surface area contributed by atoms with Crippen LogP contribution in [0.15, 0.2) is 24.4 Å². The second-order valence-corrected chi connectivity index (χ2v) is 7.07. The molecule has 0 radical (unpaired) electrons. The summed E-state index contributed by atoms with van der Waals surface area (Å²) in [5.41, 5.74) is 0.922. The Morgan fingerprint density at radius 2 is 2.14 bits per heavy atom. The third-order valence-corrected chi connectivity index (χ3v) is 5.49. The molecule has 1 atom stereocenters. The Hall–Kier alpha value is -1.73. The van der Waals surface area contributed by atoms with Crippen molar-refractivity contribution in [2.75, 3.05) is 24.9 Å². The molecule has 0 unspecified atom stereocenters. The van der Waals surface area contributed by atoms with Gasteiger partial charge < -0.3 is 9.47 Å². The number of ether oxygens (including phenoxy) is 2. The fraction of sp³-hybridized carbons (Fsp3) is 0.333. The normalized spacial score (nSPS) is 17.9. The molecule has 1 fully saturated rings. The lowest BCUT2D eigenvalue weighted by Gasteiger charge is -2.23. The second-order valence-electron chi connectivity index (χ2n) is 4.79. The van der Waals surface area contributed by atoms with Gasteiger partial charge in [-0.2, -0.15) is 0 Å². The fourth-order valence-corrected chi connectivity index (χ4v) is 4.39.